The Morgan fingerprint density at radius 2 is 1.34 bits per heavy atom. The van der Waals surface area contributed by atoms with E-state index < -0.39 is 0 Å². The van der Waals surface area contributed by atoms with E-state index in [-0.39, 0.29) is 0 Å². The molecule has 0 aliphatic heterocycles. The Hall–Kier alpha value is -2.98. The fourth-order valence-electron chi connectivity index (χ4n) is 2.51. The number of thioether (sulfide) groups is 1. The van der Waals surface area contributed by atoms with Gasteiger partial charge in [0.05, 0.1) is 19.1 Å². The standard InChI is InChI=1S/C25H25NO2S/c1-18-5-9-21(10-6-18)26-25(29-24-15-7-19(2)8-16-24)20(3)17-28-23-13-11-22(27-4)12-14-23/h5-17H,1-4H3. The quantitative estimate of drug-likeness (QED) is 0.190. The van der Waals surface area contributed by atoms with Gasteiger partial charge in [0.25, 0.3) is 0 Å². The minimum Gasteiger partial charge on any atom is -0.497 e. The SMILES string of the molecule is COc1ccc(OC=C(C)C(=Nc2ccc(C)cc2)Sc2ccc(C)cc2)cc1. The summed E-state index contributed by atoms with van der Waals surface area (Å²) in [6.45, 7) is 6.17. The highest BCUT2D eigenvalue weighted by atomic mass is 32.2. The van der Waals surface area contributed by atoms with Crippen molar-refractivity contribution in [2.24, 2.45) is 4.99 Å². The van der Waals surface area contributed by atoms with Gasteiger partial charge in [-0.2, -0.15) is 0 Å². The van der Waals surface area contributed by atoms with Crippen LogP contribution in [0.1, 0.15) is 18.1 Å². The lowest BCUT2D eigenvalue weighted by Gasteiger charge is -2.09. The smallest absolute Gasteiger partial charge is 0.126 e. The second-order valence-corrected chi connectivity index (χ2v) is 7.82. The van der Waals surface area contributed by atoms with E-state index in [2.05, 4.69) is 50.2 Å². The number of rotatable bonds is 6. The molecule has 0 aliphatic rings. The van der Waals surface area contributed by atoms with Gasteiger partial charge in [0.1, 0.15) is 16.5 Å². The Bertz CT molecular complexity index is 989. The van der Waals surface area contributed by atoms with Crippen molar-refractivity contribution in [2.45, 2.75) is 25.7 Å². The molecule has 3 aromatic carbocycles. The van der Waals surface area contributed by atoms with E-state index in [1.165, 1.54) is 11.1 Å². The maximum absolute atomic E-state index is 5.85. The van der Waals surface area contributed by atoms with E-state index >= 15 is 0 Å². The van der Waals surface area contributed by atoms with Crippen molar-refractivity contribution in [3.05, 3.63) is 95.8 Å². The highest BCUT2D eigenvalue weighted by Gasteiger charge is 2.08. The number of nitrogens with zero attached hydrogens (tertiary/aromatic N) is 1. The molecule has 3 rings (SSSR count). The van der Waals surface area contributed by atoms with E-state index in [0.717, 1.165) is 32.7 Å². The van der Waals surface area contributed by atoms with Crippen LogP contribution >= 0.6 is 11.8 Å². The summed E-state index contributed by atoms with van der Waals surface area (Å²) in [4.78, 5) is 6.01. The van der Waals surface area contributed by atoms with Crippen molar-refractivity contribution >= 4 is 22.5 Å². The number of hydrogen-bond acceptors (Lipinski definition) is 4. The Balaban J connectivity index is 1.85. The van der Waals surface area contributed by atoms with Gasteiger partial charge in [-0.3, -0.25) is 0 Å². The highest BCUT2D eigenvalue weighted by molar-refractivity contribution is 8.14. The normalized spacial score (nSPS) is 12.0. The first-order chi connectivity index (χ1) is 14.0. The zero-order valence-corrected chi connectivity index (χ0v) is 18.0. The predicted molar refractivity (Wildman–Crippen MR) is 123 cm³/mol. The van der Waals surface area contributed by atoms with E-state index in [0.29, 0.717) is 0 Å². The molecule has 148 valence electrons. The van der Waals surface area contributed by atoms with Crippen molar-refractivity contribution in [1.29, 1.82) is 0 Å². The molecule has 0 spiro atoms. The van der Waals surface area contributed by atoms with Crippen molar-refractivity contribution < 1.29 is 9.47 Å². The summed E-state index contributed by atoms with van der Waals surface area (Å²) in [7, 11) is 1.65. The minimum atomic E-state index is 0.750. The molecule has 0 atom stereocenters. The molecule has 0 heterocycles. The van der Waals surface area contributed by atoms with Crippen LogP contribution in [0.25, 0.3) is 0 Å². The summed E-state index contributed by atoms with van der Waals surface area (Å²) in [6.07, 6.45) is 1.75. The fraction of sp³-hybridized carbons (Fsp3) is 0.160. The summed E-state index contributed by atoms with van der Waals surface area (Å²) >= 11 is 1.63. The Morgan fingerprint density at radius 1 is 0.793 bits per heavy atom. The van der Waals surface area contributed by atoms with Crippen LogP contribution in [0.3, 0.4) is 0 Å². The second kappa shape index (κ2) is 9.99. The zero-order valence-electron chi connectivity index (χ0n) is 17.2. The van der Waals surface area contributed by atoms with Crippen LogP contribution in [0, 0.1) is 13.8 Å². The van der Waals surface area contributed by atoms with Gasteiger partial charge in [-0.1, -0.05) is 47.2 Å². The third-order valence-corrected chi connectivity index (χ3v) is 5.38. The minimum absolute atomic E-state index is 0.750. The molecule has 4 heteroatoms. The van der Waals surface area contributed by atoms with Crippen LogP contribution in [0.2, 0.25) is 0 Å². The molecule has 0 aromatic heterocycles. The fourth-order valence-corrected chi connectivity index (χ4v) is 3.36. The summed E-state index contributed by atoms with van der Waals surface area (Å²) in [5.74, 6) is 1.55. The summed E-state index contributed by atoms with van der Waals surface area (Å²) in [5, 5.41) is 0.895. The monoisotopic (exact) mass is 403 g/mol. The molecule has 0 aliphatic carbocycles. The average Bonchev–Trinajstić information content (AvgIpc) is 2.75. The molecule has 0 fully saturated rings. The van der Waals surface area contributed by atoms with Crippen molar-refractivity contribution in [2.75, 3.05) is 7.11 Å². The van der Waals surface area contributed by atoms with Crippen molar-refractivity contribution in [3.8, 4) is 11.5 Å². The molecule has 3 nitrogen and oxygen atoms in total. The topological polar surface area (TPSA) is 30.8 Å². The number of methoxy groups -OCH3 is 1. The number of benzene rings is 3. The summed E-state index contributed by atoms with van der Waals surface area (Å²) in [5.41, 5.74) is 4.32. The van der Waals surface area contributed by atoms with Gasteiger partial charge in [0.2, 0.25) is 0 Å². The molecule has 29 heavy (non-hydrogen) atoms. The van der Waals surface area contributed by atoms with Gasteiger partial charge in [-0.15, -0.1) is 0 Å². The third kappa shape index (κ3) is 6.26. The van der Waals surface area contributed by atoms with E-state index in [4.69, 9.17) is 14.5 Å². The molecule has 3 aromatic rings. The van der Waals surface area contributed by atoms with Crippen molar-refractivity contribution in [1.82, 2.24) is 0 Å². The number of ether oxygens (including phenoxy) is 2. The molecular weight excluding hydrogens is 378 g/mol. The van der Waals surface area contributed by atoms with Gasteiger partial charge in [-0.25, -0.2) is 4.99 Å². The summed E-state index contributed by atoms with van der Waals surface area (Å²) in [6, 6.07) is 24.2. The van der Waals surface area contributed by atoms with Gasteiger partial charge in [-0.05, 0) is 69.3 Å². The number of hydrogen-bond donors (Lipinski definition) is 0. The first-order valence-corrected chi connectivity index (χ1v) is 10.2. The van der Waals surface area contributed by atoms with Gasteiger partial charge in [0.15, 0.2) is 0 Å². The molecule has 0 radical (unpaired) electrons. The first-order valence-electron chi connectivity index (χ1n) is 9.41. The number of aliphatic imine (C=N–C) groups is 1. The predicted octanol–water partition coefficient (Wildman–Crippen LogP) is 7.12. The van der Waals surface area contributed by atoms with Gasteiger partial charge in [0, 0.05) is 10.5 Å². The Morgan fingerprint density at radius 3 is 1.93 bits per heavy atom. The maximum Gasteiger partial charge on any atom is 0.126 e. The Kier molecular flexibility index (Phi) is 7.14. The highest BCUT2D eigenvalue weighted by Crippen LogP contribution is 2.27. The average molecular weight is 404 g/mol. The lowest BCUT2D eigenvalue weighted by Crippen LogP contribution is -1.97. The van der Waals surface area contributed by atoms with E-state index in [1.54, 1.807) is 25.1 Å². The van der Waals surface area contributed by atoms with Crippen LogP contribution in [0.5, 0.6) is 11.5 Å². The largest absolute Gasteiger partial charge is 0.497 e. The van der Waals surface area contributed by atoms with Crippen LogP contribution < -0.4 is 9.47 Å². The lowest BCUT2D eigenvalue weighted by atomic mass is 10.2. The van der Waals surface area contributed by atoms with Crippen LogP contribution in [-0.4, -0.2) is 12.2 Å². The lowest BCUT2D eigenvalue weighted by molar-refractivity contribution is 0.412. The van der Waals surface area contributed by atoms with Gasteiger partial charge >= 0.3 is 0 Å². The Labute approximate surface area is 177 Å². The number of aryl methyl sites for hydroxylation is 2. The molecule has 0 saturated carbocycles. The van der Waals surface area contributed by atoms with E-state index in [9.17, 15) is 0 Å². The molecule has 0 amide bonds. The zero-order chi connectivity index (χ0) is 20.6. The first kappa shape index (κ1) is 20.7. The molecular formula is C25H25NO2S. The molecule has 0 unspecified atom stereocenters. The van der Waals surface area contributed by atoms with Crippen LogP contribution in [0.4, 0.5) is 5.69 Å². The van der Waals surface area contributed by atoms with E-state index in [1.807, 2.05) is 43.3 Å². The third-order valence-electron chi connectivity index (χ3n) is 4.27. The van der Waals surface area contributed by atoms with Gasteiger partial charge < -0.3 is 9.47 Å². The summed E-state index contributed by atoms with van der Waals surface area (Å²) < 4.78 is 11.0. The van der Waals surface area contributed by atoms with Crippen LogP contribution in [-0.2, 0) is 0 Å². The second-order valence-electron chi connectivity index (χ2n) is 6.76. The van der Waals surface area contributed by atoms with Crippen molar-refractivity contribution in [3.63, 3.8) is 0 Å². The molecule has 0 bridgehead atoms. The molecule has 0 saturated heterocycles. The molecule has 0 N–H and O–H groups in total. The maximum atomic E-state index is 5.85. The van der Waals surface area contributed by atoms with Crippen LogP contribution in [0.15, 0.2) is 94.5 Å².